The first-order valence-corrected chi connectivity index (χ1v) is 3.67. The van der Waals surface area contributed by atoms with E-state index in [4.69, 9.17) is 0 Å². The Morgan fingerprint density at radius 3 is 1.78 bits per heavy atom. The van der Waals surface area contributed by atoms with Crippen LogP contribution in [-0.4, -0.2) is 6.54 Å². The van der Waals surface area contributed by atoms with E-state index in [1.165, 1.54) is 6.42 Å². The lowest BCUT2D eigenvalue weighted by Gasteiger charge is -1.85. The second kappa shape index (κ2) is 15.6. The Labute approximate surface area is 59.2 Å². The minimum absolute atomic E-state index is 1.02. The minimum Gasteiger partial charge on any atom is -0.391 e. The lowest BCUT2D eigenvalue weighted by molar-refractivity contribution is 0.917. The first-order chi connectivity index (χ1) is 4.33. The van der Waals surface area contributed by atoms with Crippen molar-refractivity contribution >= 4 is 0 Å². The van der Waals surface area contributed by atoms with Crippen LogP contribution >= 0.6 is 0 Å². The third-order valence-electron chi connectivity index (χ3n) is 0.489. The highest BCUT2D eigenvalue weighted by molar-refractivity contribution is 4.72. The molecule has 0 radical (unpaired) electrons. The predicted molar refractivity (Wildman–Crippen MR) is 44.5 cm³/mol. The van der Waals surface area contributed by atoms with Gasteiger partial charge >= 0.3 is 0 Å². The van der Waals surface area contributed by atoms with Crippen LogP contribution in [0.3, 0.4) is 0 Å². The third kappa shape index (κ3) is 35.9. The van der Waals surface area contributed by atoms with Crippen LogP contribution in [0.2, 0.25) is 0 Å². The van der Waals surface area contributed by atoms with Gasteiger partial charge in [0.1, 0.15) is 0 Å². The maximum atomic E-state index is 3.02. The fourth-order valence-corrected chi connectivity index (χ4v) is 0.236. The highest BCUT2D eigenvalue weighted by atomic mass is 14.8. The minimum atomic E-state index is 1.02. The highest BCUT2D eigenvalue weighted by Crippen LogP contribution is 1.58. The van der Waals surface area contributed by atoms with E-state index in [0.29, 0.717) is 0 Å². The van der Waals surface area contributed by atoms with Crippen molar-refractivity contribution in [3.8, 4) is 0 Å². The fraction of sp³-hybridized carbons (Fsp3) is 0.750. The van der Waals surface area contributed by atoms with Crippen LogP contribution in [0.25, 0.3) is 0 Å². The van der Waals surface area contributed by atoms with Gasteiger partial charge in [-0.1, -0.05) is 26.3 Å². The lowest BCUT2D eigenvalue weighted by atomic mass is 10.6. The standard InChI is InChI=1S/C5H11N.C3H8/c1-3-5-6-4-2;1-3-2/h3,5-6H,4H2,1-2H3;3H2,1-2H3. The molecule has 9 heavy (non-hydrogen) atoms. The van der Waals surface area contributed by atoms with Crippen LogP contribution in [0, 0.1) is 0 Å². The lowest BCUT2D eigenvalue weighted by Crippen LogP contribution is -2.00. The van der Waals surface area contributed by atoms with Gasteiger partial charge in [-0.25, -0.2) is 0 Å². The molecule has 0 aromatic carbocycles. The zero-order valence-corrected chi connectivity index (χ0v) is 7.07. The molecular weight excluding hydrogens is 110 g/mol. The monoisotopic (exact) mass is 129 g/mol. The number of hydrogen-bond acceptors (Lipinski definition) is 1. The van der Waals surface area contributed by atoms with Gasteiger partial charge in [0, 0.05) is 6.54 Å². The normalized spacial score (nSPS) is 8.44. The van der Waals surface area contributed by atoms with E-state index in [2.05, 4.69) is 26.1 Å². The summed E-state index contributed by atoms with van der Waals surface area (Å²) in [6, 6.07) is 0. The summed E-state index contributed by atoms with van der Waals surface area (Å²) < 4.78 is 0. The Balaban J connectivity index is 0. The maximum absolute atomic E-state index is 3.02. The Morgan fingerprint density at radius 2 is 1.67 bits per heavy atom. The number of allylic oxidation sites excluding steroid dienone is 1. The summed E-state index contributed by atoms with van der Waals surface area (Å²) in [5.41, 5.74) is 0. The Bertz CT molecular complexity index is 48.5. The smallest absolute Gasteiger partial charge is 0.0112 e. The molecule has 0 spiro atoms. The SMILES string of the molecule is CC=CNCC.CCC. The molecule has 0 fully saturated rings. The van der Waals surface area contributed by atoms with Crippen molar-refractivity contribution in [1.29, 1.82) is 0 Å². The van der Waals surface area contributed by atoms with Crippen molar-refractivity contribution in [2.75, 3.05) is 6.54 Å². The summed E-state index contributed by atoms with van der Waals surface area (Å²) in [7, 11) is 0. The summed E-state index contributed by atoms with van der Waals surface area (Å²) in [6.45, 7) is 9.33. The number of rotatable bonds is 2. The molecule has 0 rings (SSSR count). The van der Waals surface area contributed by atoms with E-state index in [0.717, 1.165) is 6.54 Å². The molecule has 0 atom stereocenters. The Morgan fingerprint density at radius 1 is 1.22 bits per heavy atom. The van der Waals surface area contributed by atoms with Gasteiger partial charge < -0.3 is 5.32 Å². The van der Waals surface area contributed by atoms with Crippen molar-refractivity contribution in [2.45, 2.75) is 34.1 Å². The van der Waals surface area contributed by atoms with E-state index < -0.39 is 0 Å². The van der Waals surface area contributed by atoms with Crippen LogP contribution in [0.15, 0.2) is 12.3 Å². The van der Waals surface area contributed by atoms with Crippen molar-refractivity contribution in [1.82, 2.24) is 5.32 Å². The molecule has 0 heterocycles. The van der Waals surface area contributed by atoms with Crippen LogP contribution in [0.1, 0.15) is 34.1 Å². The first-order valence-electron chi connectivity index (χ1n) is 3.67. The molecule has 0 unspecified atom stereocenters. The molecule has 1 heteroatoms. The molecule has 0 aromatic heterocycles. The maximum Gasteiger partial charge on any atom is 0.0112 e. The number of nitrogens with one attached hydrogen (secondary N) is 1. The van der Waals surface area contributed by atoms with E-state index in [-0.39, 0.29) is 0 Å². The first kappa shape index (κ1) is 11.4. The van der Waals surface area contributed by atoms with E-state index >= 15 is 0 Å². The van der Waals surface area contributed by atoms with Gasteiger partial charge in [-0.05, 0) is 20.0 Å². The molecule has 0 bridgehead atoms. The molecule has 0 aliphatic carbocycles. The molecule has 56 valence electrons. The largest absolute Gasteiger partial charge is 0.391 e. The summed E-state index contributed by atoms with van der Waals surface area (Å²) in [6.07, 6.45) is 5.16. The zero-order chi connectivity index (χ0) is 7.54. The quantitative estimate of drug-likeness (QED) is 0.604. The molecule has 1 nitrogen and oxygen atoms in total. The van der Waals surface area contributed by atoms with E-state index in [9.17, 15) is 0 Å². The second-order valence-corrected chi connectivity index (χ2v) is 1.76. The molecule has 0 amide bonds. The topological polar surface area (TPSA) is 12.0 Å². The van der Waals surface area contributed by atoms with Gasteiger partial charge in [0.2, 0.25) is 0 Å². The van der Waals surface area contributed by atoms with E-state index in [1.807, 2.05) is 19.2 Å². The van der Waals surface area contributed by atoms with Crippen molar-refractivity contribution in [2.24, 2.45) is 0 Å². The average molecular weight is 129 g/mol. The molecule has 0 aliphatic rings. The average Bonchev–Trinajstić information content (AvgIpc) is 1.86. The van der Waals surface area contributed by atoms with Gasteiger partial charge in [0.15, 0.2) is 0 Å². The predicted octanol–water partition coefficient (Wildman–Crippen LogP) is 2.55. The molecule has 0 aliphatic heterocycles. The van der Waals surface area contributed by atoms with Crippen LogP contribution < -0.4 is 5.32 Å². The van der Waals surface area contributed by atoms with E-state index in [1.54, 1.807) is 0 Å². The van der Waals surface area contributed by atoms with Gasteiger partial charge in [-0.15, -0.1) is 0 Å². The molecule has 0 saturated heterocycles. The molecule has 0 aromatic rings. The summed E-state index contributed by atoms with van der Waals surface area (Å²) in [5, 5.41) is 3.02. The molecule has 0 saturated carbocycles. The number of hydrogen-bond donors (Lipinski definition) is 1. The Kier molecular flexibility index (Phi) is 19.7. The van der Waals surface area contributed by atoms with Crippen LogP contribution in [0.5, 0.6) is 0 Å². The van der Waals surface area contributed by atoms with Crippen molar-refractivity contribution in [3.63, 3.8) is 0 Å². The highest BCUT2D eigenvalue weighted by Gasteiger charge is 1.58. The van der Waals surface area contributed by atoms with Gasteiger partial charge in [0.25, 0.3) is 0 Å². The molecular formula is C8H19N. The Hall–Kier alpha value is -0.460. The summed E-state index contributed by atoms with van der Waals surface area (Å²) >= 11 is 0. The summed E-state index contributed by atoms with van der Waals surface area (Å²) in [4.78, 5) is 0. The van der Waals surface area contributed by atoms with Crippen molar-refractivity contribution < 1.29 is 0 Å². The van der Waals surface area contributed by atoms with Crippen molar-refractivity contribution in [3.05, 3.63) is 12.3 Å². The summed E-state index contributed by atoms with van der Waals surface area (Å²) in [5.74, 6) is 0. The zero-order valence-electron chi connectivity index (χ0n) is 7.07. The van der Waals surface area contributed by atoms with Crippen LogP contribution in [0.4, 0.5) is 0 Å². The fourth-order valence-electron chi connectivity index (χ4n) is 0.236. The van der Waals surface area contributed by atoms with Crippen LogP contribution in [-0.2, 0) is 0 Å². The molecule has 1 N–H and O–H groups in total. The van der Waals surface area contributed by atoms with Gasteiger partial charge in [0.05, 0.1) is 0 Å². The third-order valence-corrected chi connectivity index (χ3v) is 0.489. The van der Waals surface area contributed by atoms with Gasteiger partial charge in [-0.3, -0.25) is 0 Å². The van der Waals surface area contributed by atoms with Gasteiger partial charge in [-0.2, -0.15) is 0 Å². The second-order valence-electron chi connectivity index (χ2n) is 1.76.